The molecule has 0 saturated carbocycles. The van der Waals surface area contributed by atoms with Crippen LogP contribution in [0.1, 0.15) is 18.1 Å². The van der Waals surface area contributed by atoms with Gasteiger partial charge in [-0.3, -0.25) is 14.8 Å². The molecule has 37 heavy (non-hydrogen) atoms. The summed E-state index contributed by atoms with van der Waals surface area (Å²) >= 11 is 0. The molecule has 0 unspecified atom stereocenters. The molecule has 0 saturated heterocycles. The Bertz CT molecular complexity index is 1490. The second kappa shape index (κ2) is 12.5. The molecule has 5 aromatic rings. The van der Waals surface area contributed by atoms with Crippen molar-refractivity contribution in [2.45, 2.75) is 6.92 Å². The Labute approximate surface area is 224 Å². The average molecular weight is 531 g/mol. The molecule has 0 atom stereocenters. The zero-order chi connectivity index (χ0) is 25.5. The SMILES string of the molecule is CC(=O)O.Oc1cc2ccccc2cc1C=Nc1ccccc1N=Cc1cc2ccccc2cc1O.[Mn+2]. The van der Waals surface area contributed by atoms with Gasteiger partial charge in [0.2, 0.25) is 0 Å². The third-order valence-corrected chi connectivity index (χ3v) is 5.36. The molecular formula is C30H24MnN2O4+2. The van der Waals surface area contributed by atoms with E-state index < -0.39 is 5.97 Å². The van der Waals surface area contributed by atoms with E-state index in [1.54, 1.807) is 24.6 Å². The summed E-state index contributed by atoms with van der Waals surface area (Å²) in [6.07, 6.45) is 3.28. The van der Waals surface area contributed by atoms with Crippen molar-refractivity contribution in [2.24, 2.45) is 9.98 Å². The fourth-order valence-electron chi connectivity index (χ4n) is 3.66. The minimum Gasteiger partial charge on any atom is -0.507 e. The molecule has 0 aromatic heterocycles. The van der Waals surface area contributed by atoms with Gasteiger partial charge in [-0.1, -0.05) is 60.7 Å². The van der Waals surface area contributed by atoms with Crippen molar-refractivity contribution < 1.29 is 37.2 Å². The van der Waals surface area contributed by atoms with E-state index in [4.69, 9.17) is 9.90 Å². The van der Waals surface area contributed by atoms with Crippen LogP contribution in [0.2, 0.25) is 0 Å². The van der Waals surface area contributed by atoms with Gasteiger partial charge in [-0.25, -0.2) is 0 Å². The van der Waals surface area contributed by atoms with Crippen LogP contribution < -0.4 is 0 Å². The molecule has 0 spiro atoms. The standard InChI is InChI=1S/C28H20N2O2.C2H4O2.Mn/c31-27-15-21-9-3-1-7-19(21)13-23(27)17-29-25-11-5-6-12-26(25)30-18-24-14-20-8-2-4-10-22(20)16-28(24)32;1-2(3)4;/h1-18,31-32H;1H3,(H,3,4);/q;;+2. The maximum absolute atomic E-state index is 10.4. The molecular weight excluding hydrogens is 507 g/mol. The van der Waals surface area contributed by atoms with Crippen molar-refractivity contribution in [3.05, 3.63) is 108 Å². The second-order valence-corrected chi connectivity index (χ2v) is 8.04. The van der Waals surface area contributed by atoms with Crippen LogP contribution >= 0.6 is 0 Å². The van der Waals surface area contributed by atoms with Gasteiger partial charge in [0.05, 0.1) is 11.4 Å². The maximum Gasteiger partial charge on any atom is 2.00 e. The summed E-state index contributed by atoms with van der Waals surface area (Å²) in [4.78, 5) is 18.1. The van der Waals surface area contributed by atoms with Gasteiger partial charge in [-0.15, -0.1) is 0 Å². The van der Waals surface area contributed by atoms with Crippen LogP contribution in [-0.4, -0.2) is 33.7 Å². The third-order valence-electron chi connectivity index (χ3n) is 5.36. The molecule has 7 heteroatoms. The first-order chi connectivity index (χ1) is 17.4. The van der Waals surface area contributed by atoms with Crippen LogP contribution in [0.25, 0.3) is 21.5 Å². The maximum atomic E-state index is 10.4. The summed E-state index contributed by atoms with van der Waals surface area (Å²) < 4.78 is 0. The van der Waals surface area contributed by atoms with E-state index in [-0.39, 0.29) is 28.6 Å². The fraction of sp³-hybridized carbons (Fsp3) is 0.0333. The minimum atomic E-state index is -0.833. The van der Waals surface area contributed by atoms with Crippen LogP contribution in [0.15, 0.2) is 107 Å². The van der Waals surface area contributed by atoms with E-state index in [1.165, 1.54) is 0 Å². The first kappa shape index (κ1) is 27.1. The topological polar surface area (TPSA) is 102 Å². The Morgan fingerprint density at radius 1 is 0.622 bits per heavy atom. The van der Waals surface area contributed by atoms with Crippen LogP contribution in [0.5, 0.6) is 11.5 Å². The van der Waals surface area contributed by atoms with Crippen molar-refractivity contribution in [1.29, 1.82) is 0 Å². The largest absolute Gasteiger partial charge is 2.00 e. The molecule has 0 bridgehead atoms. The van der Waals surface area contributed by atoms with E-state index >= 15 is 0 Å². The number of para-hydroxylation sites is 2. The van der Waals surface area contributed by atoms with Crippen LogP contribution in [0.3, 0.4) is 0 Å². The number of phenols is 2. The zero-order valence-electron chi connectivity index (χ0n) is 19.9. The number of rotatable bonds is 4. The van der Waals surface area contributed by atoms with Crippen molar-refractivity contribution >= 4 is 51.3 Å². The Morgan fingerprint density at radius 2 is 0.919 bits per heavy atom. The van der Waals surface area contributed by atoms with Crippen molar-refractivity contribution in [3.63, 3.8) is 0 Å². The Hall–Kier alpha value is -4.45. The summed E-state index contributed by atoms with van der Waals surface area (Å²) in [7, 11) is 0. The molecule has 0 amide bonds. The number of fused-ring (bicyclic) bond motifs is 2. The number of benzene rings is 5. The molecule has 5 rings (SSSR count). The molecule has 6 nitrogen and oxygen atoms in total. The molecule has 0 aliphatic heterocycles. The zero-order valence-corrected chi connectivity index (χ0v) is 21.1. The smallest absolute Gasteiger partial charge is 0.507 e. The van der Waals surface area contributed by atoms with E-state index in [1.807, 2.05) is 84.9 Å². The van der Waals surface area contributed by atoms with Gasteiger partial charge in [-0.05, 0) is 57.9 Å². The molecule has 5 aromatic carbocycles. The average Bonchev–Trinajstić information content (AvgIpc) is 2.86. The molecule has 3 N–H and O–H groups in total. The fourth-order valence-corrected chi connectivity index (χ4v) is 3.66. The van der Waals surface area contributed by atoms with E-state index in [9.17, 15) is 10.2 Å². The summed E-state index contributed by atoms with van der Waals surface area (Å²) in [5, 5.41) is 32.2. The number of aliphatic carboxylic acids is 1. The van der Waals surface area contributed by atoms with Gasteiger partial charge in [0.15, 0.2) is 0 Å². The minimum absolute atomic E-state index is 0. The van der Waals surface area contributed by atoms with E-state index in [2.05, 4.69) is 9.98 Å². The number of hydrogen-bond donors (Lipinski definition) is 3. The number of carboxylic acids is 1. The van der Waals surface area contributed by atoms with Crippen LogP contribution in [-0.2, 0) is 21.9 Å². The molecule has 0 heterocycles. The summed E-state index contributed by atoms with van der Waals surface area (Å²) in [6.45, 7) is 1.08. The van der Waals surface area contributed by atoms with Gasteiger partial charge in [0.1, 0.15) is 11.5 Å². The van der Waals surface area contributed by atoms with Gasteiger partial charge >= 0.3 is 17.1 Å². The Morgan fingerprint density at radius 3 is 1.27 bits per heavy atom. The summed E-state index contributed by atoms with van der Waals surface area (Å²) in [6, 6.07) is 30.5. The number of phenolic OH excluding ortho intramolecular Hbond substituents is 2. The molecule has 0 fully saturated rings. The number of aliphatic imine (C=N–C) groups is 2. The number of carbonyl (C=O) groups is 1. The first-order valence-corrected chi connectivity index (χ1v) is 11.2. The van der Waals surface area contributed by atoms with Crippen LogP contribution in [0, 0.1) is 0 Å². The van der Waals surface area contributed by atoms with Crippen molar-refractivity contribution in [3.8, 4) is 11.5 Å². The first-order valence-electron chi connectivity index (χ1n) is 11.2. The van der Waals surface area contributed by atoms with E-state index in [0.29, 0.717) is 22.5 Å². The summed E-state index contributed by atoms with van der Waals surface area (Å²) in [5.74, 6) is -0.482. The third kappa shape index (κ3) is 7.04. The monoisotopic (exact) mass is 531 g/mol. The Kier molecular flexibility index (Phi) is 9.16. The second-order valence-electron chi connectivity index (χ2n) is 8.04. The van der Waals surface area contributed by atoms with Gasteiger partial charge in [0, 0.05) is 30.5 Å². The van der Waals surface area contributed by atoms with Gasteiger partial charge < -0.3 is 15.3 Å². The number of carboxylic acid groups (broad SMARTS) is 1. The molecule has 0 aliphatic carbocycles. The number of aromatic hydroxyl groups is 2. The van der Waals surface area contributed by atoms with Gasteiger partial charge in [-0.2, -0.15) is 0 Å². The molecule has 183 valence electrons. The summed E-state index contributed by atoms with van der Waals surface area (Å²) in [5.41, 5.74) is 2.59. The Balaban J connectivity index is 0.000000711. The van der Waals surface area contributed by atoms with E-state index in [0.717, 1.165) is 28.5 Å². The predicted molar refractivity (Wildman–Crippen MR) is 145 cm³/mol. The predicted octanol–water partition coefficient (Wildman–Crippen LogP) is 6.99. The van der Waals surface area contributed by atoms with Crippen molar-refractivity contribution in [1.82, 2.24) is 0 Å². The molecule has 0 aliphatic rings. The number of hydrogen-bond acceptors (Lipinski definition) is 5. The normalized spacial score (nSPS) is 10.8. The molecule has 1 radical (unpaired) electrons. The quantitative estimate of drug-likeness (QED) is 0.172. The number of nitrogens with zero attached hydrogens (tertiary/aromatic N) is 2. The van der Waals surface area contributed by atoms with Crippen LogP contribution in [0.4, 0.5) is 11.4 Å². The van der Waals surface area contributed by atoms with Gasteiger partial charge in [0.25, 0.3) is 5.97 Å². The van der Waals surface area contributed by atoms with Crippen molar-refractivity contribution in [2.75, 3.05) is 0 Å².